The molecule has 0 radical (unpaired) electrons. The van der Waals surface area contributed by atoms with Crippen LogP contribution in [0.15, 0.2) is 36.7 Å². The monoisotopic (exact) mass is 230 g/mol. The molecule has 0 bridgehead atoms. The Hall–Kier alpha value is -1.99. The van der Waals surface area contributed by atoms with E-state index >= 15 is 0 Å². The van der Waals surface area contributed by atoms with E-state index < -0.39 is 5.92 Å². The van der Waals surface area contributed by atoms with Gasteiger partial charge < -0.3 is 0 Å². The van der Waals surface area contributed by atoms with E-state index in [2.05, 4.69) is 21.0 Å². The van der Waals surface area contributed by atoms with Crippen LogP contribution in [0.5, 0.6) is 0 Å². The molecule has 0 aromatic carbocycles. The Bertz CT molecular complexity index is 521. The predicted octanol–water partition coefficient (Wildman–Crippen LogP) is 2.18. The first-order valence-electron chi connectivity index (χ1n) is 4.60. The Morgan fingerprint density at radius 2 is 2.06 bits per heavy atom. The maximum atomic E-state index is 9.11. The van der Waals surface area contributed by atoms with Crippen LogP contribution in [0.2, 0.25) is 5.15 Å². The third kappa shape index (κ3) is 2.15. The summed E-state index contributed by atoms with van der Waals surface area (Å²) in [7, 11) is 0. The Balaban J connectivity index is 2.42. The summed E-state index contributed by atoms with van der Waals surface area (Å²) < 4.78 is 0. The van der Waals surface area contributed by atoms with Gasteiger partial charge in [-0.2, -0.15) is 5.26 Å². The van der Waals surface area contributed by atoms with Crippen molar-refractivity contribution in [2.75, 3.05) is 0 Å². The van der Waals surface area contributed by atoms with Crippen molar-refractivity contribution in [2.45, 2.75) is 5.92 Å². The van der Waals surface area contributed by atoms with E-state index in [-0.39, 0.29) is 0 Å². The highest BCUT2D eigenvalue weighted by atomic mass is 35.5. The third-order valence-corrected chi connectivity index (χ3v) is 2.22. The van der Waals surface area contributed by atoms with Gasteiger partial charge in [-0.25, -0.2) is 9.97 Å². The molecule has 0 saturated carbocycles. The van der Waals surface area contributed by atoms with Crippen molar-refractivity contribution in [3.05, 3.63) is 53.3 Å². The largest absolute Gasteiger partial charge is 0.259 e. The van der Waals surface area contributed by atoms with Gasteiger partial charge in [0.2, 0.25) is 0 Å². The van der Waals surface area contributed by atoms with Gasteiger partial charge in [-0.3, -0.25) is 4.98 Å². The molecule has 0 unspecified atom stereocenters. The Kier molecular flexibility index (Phi) is 3.08. The zero-order chi connectivity index (χ0) is 11.4. The molecule has 4 nitrogen and oxygen atoms in total. The summed E-state index contributed by atoms with van der Waals surface area (Å²) in [4.78, 5) is 12.2. The molecule has 16 heavy (non-hydrogen) atoms. The topological polar surface area (TPSA) is 62.5 Å². The Labute approximate surface area is 97.6 Å². The average Bonchev–Trinajstić information content (AvgIpc) is 2.31. The highest BCUT2D eigenvalue weighted by molar-refractivity contribution is 6.29. The van der Waals surface area contributed by atoms with E-state index in [0.717, 1.165) is 0 Å². The second kappa shape index (κ2) is 4.69. The lowest BCUT2D eigenvalue weighted by Gasteiger charge is -2.06. The van der Waals surface area contributed by atoms with Crippen molar-refractivity contribution in [3.8, 4) is 6.07 Å². The minimum Gasteiger partial charge on any atom is -0.259 e. The van der Waals surface area contributed by atoms with E-state index in [1.807, 2.05) is 6.07 Å². The quantitative estimate of drug-likeness (QED) is 0.742. The SMILES string of the molecule is N#C[C@H](c1ccccn1)c1nccc(Cl)n1. The molecule has 1 atom stereocenters. The van der Waals surface area contributed by atoms with E-state index in [0.29, 0.717) is 16.7 Å². The summed E-state index contributed by atoms with van der Waals surface area (Å²) in [6.45, 7) is 0. The number of pyridine rings is 1. The first-order chi connectivity index (χ1) is 7.81. The van der Waals surface area contributed by atoms with Crippen molar-refractivity contribution < 1.29 is 0 Å². The summed E-state index contributed by atoms with van der Waals surface area (Å²) >= 11 is 5.75. The summed E-state index contributed by atoms with van der Waals surface area (Å²) in [6.07, 6.45) is 3.15. The molecule has 0 aliphatic carbocycles. The van der Waals surface area contributed by atoms with Crippen molar-refractivity contribution in [1.82, 2.24) is 15.0 Å². The van der Waals surface area contributed by atoms with Crippen molar-refractivity contribution in [2.24, 2.45) is 0 Å². The molecule has 2 aromatic rings. The van der Waals surface area contributed by atoms with Crippen LogP contribution >= 0.6 is 11.6 Å². The summed E-state index contributed by atoms with van der Waals surface area (Å²) in [6, 6.07) is 9.05. The molecular formula is C11H7ClN4. The fourth-order valence-corrected chi connectivity index (χ4v) is 1.44. The smallest absolute Gasteiger partial charge is 0.153 e. The molecule has 0 spiro atoms. The number of halogens is 1. The molecule has 0 aliphatic rings. The number of nitriles is 1. The molecule has 5 heteroatoms. The van der Waals surface area contributed by atoms with Crippen molar-refractivity contribution >= 4 is 11.6 Å². The van der Waals surface area contributed by atoms with Gasteiger partial charge in [0.15, 0.2) is 5.82 Å². The Morgan fingerprint density at radius 1 is 1.19 bits per heavy atom. The maximum absolute atomic E-state index is 9.11. The van der Waals surface area contributed by atoms with Gasteiger partial charge in [-0.05, 0) is 18.2 Å². The van der Waals surface area contributed by atoms with Gasteiger partial charge in [0.25, 0.3) is 0 Å². The standard InChI is InChI=1S/C11H7ClN4/c12-10-4-6-15-11(16-10)8(7-13)9-3-1-2-5-14-9/h1-6,8H/t8-/m1/s1. The predicted molar refractivity (Wildman–Crippen MR) is 58.7 cm³/mol. The first kappa shape index (κ1) is 10.5. The average molecular weight is 231 g/mol. The van der Waals surface area contributed by atoms with Crippen molar-refractivity contribution in [3.63, 3.8) is 0 Å². The van der Waals surface area contributed by atoms with E-state index in [4.69, 9.17) is 16.9 Å². The molecule has 0 amide bonds. The van der Waals surface area contributed by atoms with Crippen LogP contribution in [0.25, 0.3) is 0 Å². The minimum absolute atomic E-state index is 0.321. The number of rotatable bonds is 2. The number of aromatic nitrogens is 3. The molecule has 0 fully saturated rings. The van der Waals surface area contributed by atoms with Crippen LogP contribution in [0.3, 0.4) is 0 Å². The van der Waals surface area contributed by atoms with Gasteiger partial charge in [0.05, 0.1) is 11.8 Å². The number of nitrogens with zero attached hydrogens (tertiary/aromatic N) is 4. The Morgan fingerprint density at radius 3 is 2.69 bits per heavy atom. The molecule has 2 aromatic heterocycles. The molecule has 78 valence electrons. The van der Waals surface area contributed by atoms with Gasteiger partial charge in [-0.15, -0.1) is 0 Å². The molecular weight excluding hydrogens is 224 g/mol. The van der Waals surface area contributed by atoms with E-state index in [1.54, 1.807) is 24.4 Å². The van der Waals surface area contributed by atoms with Crippen LogP contribution in [0.1, 0.15) is 17.4 Å². The molecule has 2 rings (SSSR count). The second-order valence-corrected chi connectivity index (χ2v) is 3.44. The fraction of sp³-hybridized carbons (Fsp3) is 0.0909. The summed E-state index contributed by atoms with van der Waals surface area (Å²) in [5, 5.41) is 9.43. The summed E-state index contributed by atoms with van der Waals surface area (Å²) in [5.41, 5.74) is 0.618. The fourth-order valence-electron chi connectivity index (χ4n) is 1.29. The lowest BCUT2D eigenvalue weighted by Crippen LogP contribution is -2.05. The van der Waals surface area contributed by atoms with Gasteiger partial charge >= 0.3 is 0 Å². The highest BCUT2D eigenvalue weighted by Crippen LogP contribution is 2.19. The first-order valence-corrected chi connectivity index (χ1v) is 4.98. The van der Waals surface area contributed by atoms with Crippen LogP contribution < -0.4 is 0 Å². The van der Waals surface area contributed by atoms with Crippen molar-refractivity contribution in [1.29, 1.82) is 5.26 Å². The summed E-state index contributed by atoms with van der Waals surface area (Å²) in [5.74, 6) is -0.214. The van der Waals surface area contributed by atoms with Crippen LogP contribution in [0, 0.1) is 11.3 Å². The van der Waals surface area contributed by atoms with E-state index in [1.165, 1.54) is 6.20 Å². The van der Waals surface area contributed by atoms with E-state index in [9.17, 15) is 0 Å². The molecule has 0 N–H and O–H groups in total. The molecule has 0 aliphatic heterocycles. The second-order valence-electron chi connectivity index (χ2n) is 3.05. The van der Waals surface area contributed by atoms with Crippen LogP contribution in [-0.2, 0) is 0 Å². The zero-order valence-corrected chi connectivity index (χ0v) is 8.96. The van der Waals surface area contributed by atoms with Crippen LogP contribution in [0.4, 0.5) is 0 Å². The third-order valence-electron chi connectivity index (χ3n) is 2.01. The van der Waals surface area contributed by atoms with Gasteiger partial charge in [-0.1, -0.05) is 17.7 Å². The van der Waals surface area contributed by atoms with Gasteiger partial charge in [0.1, 0.15) is 11.1 Å². The maximum Gasteiger partial charge on any atom is 0.153 e. The molecule has 2 heterocycles. The normalized spacial score (nSPS) is 11.8. The lowest BCUT2D eigenvalue weighted by molar-refractivity contribution is 0.858. The number of hydrogen-bond donors (Lipinski definition) is 0. The highest BCUT2D eigenvalue weighted by Gasteiger charge is 2.17. The molecule has 0 saturated heterocycles. The lowest BCUT2D eigenvalue weighted by atomic mass is 10.1. The number of hydrogen-bond acceptors (Lipinski definition) is 4. The van der Waals surface area contributed by atoms with Gasteiger partial charge in [0, 0.05) is 12.4 Å². The minimum atomic E-state index is -0.583. The van der Waals surface area contributed by atoms with Crippen LogP contribution in [-0.4, -0.2) is 15.0 Å². The zero-order valence-electron chi connectivity index (χ0n) is 8.21.